The molecular weight excluding hydrogens is 1020 g/mol. The summed E-state index contributed by atoms with van der Waals surface area (Å²) in [5.74, 6) is 1.38. The summed E-state index contributed by atoms with van der Waals surface area (Å²) in [5, 5.41) is 32.9. The highest BCUT2D eigenvalue weighted by Gasteiger charge is 2.36. The molecule has 1 aliphatic heterocycles. The third kappa shape index (κ3) is 14.2. The topological polar surface area (TPSA) is 216 Å². The van der Waals surface area contributed by atoms with Crippen molar-refractivity contribution in [3.8, 4) is 0 Å². The summed E-state index contributed by atoms with van der Waals surface area (Å²) < 4.78 is 66.7. The third-order valence-corrected chi connectivity index (χ3v) is 21.2. The fourth-order valence-corrected chi connectivity index (χ4v) is 14.4. The van der Waals surface area contributed by atoms with Gasteiger partial charge in [0.25, 0.3) is 29.4 Å². The molecule has 5 aliphatic carbocycles. The minimum Gasteiger partial charge on any atom is -0.396 e. The van der Waals surface area contributed by atoms with E-state index in [-0.39, 0.29) is 31.1 Å². The number of hydrogen-bond donors (Lipinski definition) is 4. The number of nitrogens with zero attached hydrogens (tertiary/aromatic N) is 7. The van der Waals surface area contributed by atoms with Crippen molar-refractivity contribution in [3.63, 3.8) is 0 Å². The molecule has 0 radical (unpaired) electrons. The Balaban J connectivity index is 0.000000174. The number of ether oxygens (including phenoxy) is 2. The minimum atomic E-state index is -4.03. The number of hydrogen-bond acceptors (Lipinski definition) is 14. The van der Waals surface area contributed by atoms with E-state index in [1.807, 2.05) is 0 Å². The van der Waals surface area contributed by atoms with Crippen LogP contribution in [0, 0.1) is 11.8 Å². The number of sulfonamides is 1. The van der Waals surface area contributed by atoms with E-state index in [4.69, 9.17) is 25.3 Å². The summed E-state index contributed by atoms with van der Waals surface area (Å²) in [4.78, 5) is 8.73. The van der Waals surface area contributed by atoms with E-state index in [2.05, 4.69) is 82.2 Å². The zero-order valence-corrected chi connectivity index (χ0v) is 48.5. The Labute approximate surface area is 440 Å². The van der Waals surface area contributed by atoms with Crippen LogP contribution >= 0.6 is 10.7 Å². The van der Waals surface area contributed by atoms with E-state index in [0.29, 0.717) is 57.1 Å². The molecule has 4 N–H and O–H groups in total. The summed E-state index contributed by atoms with van der Waals surface area (Å²) in [6.45, 7) is 16.3. The minimum absolute atomic E-state index is 0.0180. The van der Waals surface area contributed by atoms with Gasteiger partial charge < -0.3 is 30.3 Å². The number of fused-ring (bicyclic) bond motifs is 4. The highest BCUT2D eigenvalue weighted by atomic mass is 35.7. The number of aliphatic hydroxyl groups excluding tert-OH is 2. The number of aliphatic hydroxyl groups is 2. The van der Waals surface area contributed by atoms with Crippen LogP contribution in [0.25, 0.3) is 0 Å². The van der Waals surface area contributed by atoms with Gasteiger partial charge in [-0.2, -0.15) is 14.3 Å². The van der Waals surface area contributed by atoms with Gasteiger partial charge in [0, 0.05) is 77.7 Å². The molecule has 73 heavy (non-hydrogen) atoms. The van der Waals surface area contributed by atoms with Crippen LogP contribution in [0.2, 0.25) is 51.4 Å². The van der Waals surface area contributed by atoms with Crippen molar-refractivity contribution < 1.29 is 36.5 Å². The Morgan fingerprint density at radius 2 is 1.01 bits per heavy atom. The Hall–Kier alpha value is -3.26. The summed E-state index contributed by atoms with van der Waals surface area (Å²) in [5.41, 5.74) is 13.1. The van der Waals surface area contributed by atoms with E-state index in [9.17, 15) is 21.9 Å². The average molecular weight is 1100 g/mol. The van der Waals surface area contributed by atoms with Gasteiger partial charge in [0.1, 0.15) is 13.5 Å². The lowest BCUT2D eigenvalue weighted by Crippen LogP contribution is -2.30. The predicted molar refractivity (Wildman–Crippen MR) is 292 cm³/mol. The van der Waals surface area contributed by atoms with Crippen LogP contribution < -0.4 is 10.6 Å². The zero-order valence-electron chi connectivity index (χ0n) is 44.1. The highest BCUT2D eigenvalue weighted by molar-refractivity contribution is 8.13. The second-order valence-electron chi connectivity index (χ2n) is 23.3. The van der Waals surface area contributed by atoms with E-state index in [1.165, 1.54) is 79.2 Å². The second-order valence-corrected chi connectivity index (χ2v) is 38.9. The number of aromatic nitrogens is 6. The standard InChI is InChI=1S/C25H39N5O4SSi.C20H29ClN4O3SSi.C6H12O/c1-36(2,3)13-12-34-17-30-24(27-25(28-30)35(32,33)29-11-10-18(15-29)16-31)26-23-21-8-4-6-19(21)14-20-7-5-9-22(20)23;1-30(2,3)11-10-28-13-25-19(23-20(24-25)29(21,26)27)22-18-16-8-4-6-14(16)12-15-7-5-9-17(15)18;7-5-6-3-1-2-4-6/h14,18,31H,4-13,15-17H2,1-3H3,(H,26,27,28);12H,4-11,13H2,1-3H3,(H,22,23,24);6-7H,1-5H2/t18-;;/m0../s1. The zero-order chi connectivity index (χ0) is 52.1. The molecule has 3 heterocycles. The molecule has 0 unspecified atom stereocenters. The first-order chi connectivity index (χ1) is 34.7. The molecule has 6 aliphatic rings. The number of benzene rings is 2. The maximum Gasteiger partial charge on any atom is 0.298 e. The van der Waals surface area contributed by atoms with Gasteiger partial charge in [-0.3, -0.25) is 0 Å². The Morgan fingerprint density at radius 1 is 0.603 bits per heavy atom. The van der Waals surface area contributed by atoms with Gasteiger partial charge in [0.05, 0.1) is 0 Å². The van der Waals surface area contributed by atoms with Gasteiger partial charge in [-0.1, -0.05) is 64.3 Å². The normalized spacial score (nSPS) is 18.8. The molecule has 404 valence electrons. The molecule has 0 spiro atoms. The van der Waals surface area contributed by atoms with Crippen LogP contribution in [0.15, 0.2) is 22.4 Å². The maximum absolute atomic E-state index is 13.4. The molecule has 17 nitrogen and oxygen atoms in total. The van der Waals surface area contributed by atoms with E-state index < -0.39 is 40.4 Å². The predicted octanol–water partition coefficient (Wildman–Crippen LogP) is 8.72. The lowest BCUT2D eigenvalue weighted by molar-refractivity contribution is 0.0791. The molecular formula is C51H80ClN9O8S2Si2. The molecule has 4 aromatic rings. The fraction of sp³-hybridized carbons (Fsp3) is 0.686. The van der Waals surface area contributed by atoms with E-state index >= 15 is 0 Å². The quantitative estimate of drug-likeness (QED) is 0.0393. The number of halogens is 1. The molecule has 0 bridgehead atoms. The van der Waals surface area contributed by atoms with Crippen LogP contribution in [0.5, 0.6) is 0 Å². The van der Waals surface area contributed by atoms with Gasteiger partial charge in [-0.25, -0.2) is 26.2 Å². The van der Waals surface area contributed by atoms with Gasteiger partial charge in [0.2, 0.25) is 11.9 Å². The van der Waals surface area contributed by atoms with Gasteiger partial charge in [-0.05, 0) is 165 Å². The first-order valence-electron chi connectivity index (χ1n) is 26.8. The van der Waals surface area contributed by atoms with E-state index in [0.717, 1.165) is 101 Å². The van der Waals surface area contributed by atoms with Crippen molar-refractivity contribution in [3.05, 3.63) is 56.6 Å². The molecule has 1 atom stereocenters. The Morgan fingerprint density at radius 3 is 1.38 bits per heavy atom. The summed E-state index contributed by atoms with van der Waals surface area (Å²) in [7, 11) is -4.84. The van der Waals surface area contributed by atoms with Gasteiger partial charge >= 0.3 is 0 Å². The summed E-state index contributed by atoms with van der Waals surface area (Å²) >= 11 is 0. The van der Waals surface area contributed by atoms with Gasteiger partial charge in [0.15, 0.2) is 0 Å². The Kier molecular flexibility index (Phi) is 18.4. The SMILES string of the molecule is C[Si](C)(C)CCOCn1nc(S(=O)(=O)Cl)nc1Nc1c2c(cc3c1CCC3)CCC2.C[Si](C)(C)CCOCn1nc(S(=O)(=O)N2CC[C@H](CO)C2)nc1Nc1c2c(cc3c1CCC3)CCC2.OCC1CCCC1. The molecule has 0 amide bonds. The second kappa shape index (κ2) is 24.0. The average Bonchev–Trinajstić information content (AvgIpc) is 4.19. The molecule has 2 aromatic carbocycles. The van der Waals surface area contributed by atoms with Crippen LogP contribution in [0.1, 0.15) is 102 Å². The molecule has 1 saturated heterocycles. The van der Waals surface area contributed by atoms with Crippen molar-refractivity contribution in [2.45, 2.75) is 184 Å². The summed E-state index contributed by atoms with van der Waals surface area (Å²) in [6, 6.07) is 6.77. The lowest BCUT2D eigenvalue weighted by Gasteiger charge is -2.18. The first-order valence-corrected chi connectivity index (χ1v) is 38.0. The molecule has 22 heteroatoms. The number of nitrogens with one attached hydrogen (secondary N) is 2. The summed E-state index contributed by atoms with van der Waals surface area (Å²) in [6.07, 6.45) is 18.8. The van der Waals surface area contributed by atoms with Crippen LogP contribution in [0.3, 0.4) is 0 Å². The molecule has 2 fully saturated rings. The van der Waals surface area contributed by atoms with Crippen molar-refractivity contribution in [1.82, 2.24) is 33.8 Å². The lowest BCUT2D eigenvalue weighted by atomic mass is 9.99. The largest absolute Gasteiger partial charge is 0.396 e. The van der Waals surface area contributed by atoms with Crippen LogP contribution in [-0.2, 0) is 93.4 Å². The molecule has 2 aromatic heterocycles. The van der Waals surface area contributed by atoms with E-state index in [1.54, 1.807) is 4.68 Å². The molecule has 1 saturated carbocycles. The highest BCUT2D eigenvalue weighted by Crippen LogP contribution is 2.42. The van der Waals surface area contributed by atoms with Gasteiger partial charge in [-0.15, -0.1) is 10.2 Å². The van der Waals surface area contributed by atoms with Crippen LogP contribution in [-0.4, -0.2) is 117 Å². The number of aryl methyl sites for hydroxylation is 4. The van der Waals surface area contributed by atoms with Crippen molar-refractivity contribution in [2.24, 2.45) is 11.8 Å². The number of anilines is 4. The Bertz CT molecular complexity index is 2730. The van der Waals surface area contributed by atoms with Crippen molar-refractivity contribution in [2.75, 3.05) is 50.2 Å². The third-order valence-electron chi connectivity index (χ3n) is 15.2. The smallest absolute Gasteiger partial charge is 0.298 e. The first kappa shape index (κ1) is 56.0. The molecule has 10 rings (SSSR count). The van der Waals surface area contributed by atoms with Crippen LogP contribution in [0.4, 0.5) is 23.3 Å². The monoisotopic (exact) mass is 1100 g/mol. The van der Waals surface area contributed by atoms with Crippen molar-refractivity contribution >= 4 is 69.2 Å². The fourth-order valence-electron chi connectivity index (χ4n) is 10.9. The maximum atomic E-state index is 13.4. The number of rotatable bonds is 19. The van der Waals surface area contributed by atoms with Crippen molar-refractivity contribution in [1.29, 1.82) is 0 Å².